The van der Waals surface area contributed by atoms with Gasteiger partial charge in [0.1, 0.15) is 6.04 Å². The van der Waals surface area contributed by atoms with Gasteiger partial charge in [0.2, 0.25) is 0 Å². The topological polar surface area (TPSA) is 47.6 Å². The molecule has 4 heteroatoms. The molecule has 4 nitrogen and oxygen atoms in total. The minimum Gasteiger partial charge on any atom is -0.465 e. The second-order valence-electron chi connectivity index (χ2n) is 5.06. The van der Waals surface area contributed by atoms with Crippen LogP contribution in [0, 0.1) is 11.8 Å². The highest BCUT2D eigenvalue weighted by Gasteiger charge is 2.32. The van der Waals surface area contributed by atoms with Crippen molar-refractivity contribution < 1.29 is 14.3 Å². The van der Waals surface area contributed by atoms with Gasteiger partial charge in [0.05, 0.1) is 13.2 Å². The first-order chi connectivity index (χ1) is 8.31. The van der Waals surface area contributed by atoms with Crippen LogP contribution in [0.25, 0.3) is 0 Å². The van der Waals surface area contributed by atoms with E-state index in [1.165, 1.54) is 12.8 Å². The van der Waals surface area contributed by atoms with Crippen molar-refractivity contribution >= 4 is 5.97 Å². The molecule has 1 saturated carbocycles. The van der Waals surface area contributed by atoms with E-state index in [4.69, 9.17) is 9.47 Å². The summed E-state index contributed by atoms with van der Waals surface area (Å²) in [6.07, 6.45) is 4.69. The van der Waals surface area contributed by atoms with Gasteiger partial charge in [-0.15, -0.1) is 0 Å². The van der Waals surface area contributed by atoms with Crippen molar-refractivity contribution in [2.75, 3.05) is 26.4 Å². The zero-order valence-corrected chi connectivity index (χ0v) is 10.6. The Kier molecular flexibility index (Phi) is 4.80. The van der Waals surface area contributed by atoms with Gasteiger partial charge in [0, 0.05) is 12.5 Å². The van der Waals surface area contributed by atoms with E-state index in [2.05, 4.69) is 5.32 Å². The molecule has 2 rings (SSSR count). The van der Waals surface area contributed by atoms with Gasteiger partial charge in [0.15, 0.2) is 0 Å². The summed E-state index contributed by atoms with van der Waals surface area (Å²) in [6, 6.07) is -0.171. The normalized spacial score (nSPS) is 26.5. The fourth-order valence-corrected chi connectivity index (χ4v) is 2.32. The van der Waals surface area contributed by atoms with Crippen molar-refractivity contribution in [3.8, 4) is 0 Å². The van der Waals surface area contributed by atoms with E-state index in [0.717, 1.165) is 31.9 Å². The van der Waals surface area contributed by atoms with E-state index in [9.17, 15) is 4.79 Å². The van der Waals surface area contributed by atoms with Gasteiger partial charge < -0.3 is 14.8 Å². The first-order valence-electron chi connectivity index (χ1n) is 6.79. The predicted molar refractivity (Wildman–Crippen MR) is 64.7 cm³/mol. The Morgan fingerprint density at radius 2 is 2.29 bits per heavy atom. The molecule has 1 heterocycles. The van der Waals surface area contributed by atoms with Gasteiger partial charge in [-0.3, -0.25) is 4.79 Å². The van der Waals surface area contributed by atoms with E-state index in [1.807, 2.05) is 6.92 Å². The third-order valence-electron chi connectivity index (χ3n) is 3.53. The van der Waals surface area contributed by atoms with Gasteiger partial charge in [-0.05, 0) is 45.1 Å². The number of nitrogens with one attached hydrogen (secondary N) is 1. The van der Waals surface area contributed by atoms with Gasteiger partial charge in [-0.25, -0.2) is 0 Å². The van der Waals surface area contributed by atoms with Crippen LogP contribution in [-0.2, 0) is 14.3 Å². The van der Waals surface area contributed by atoms with Crippen LogP contribution in [0.15, 0.2) is 0 Å². The largest absolute Gasteiger partial charge is 0.465 e. The molecule has 0 aromatic heterocycles. The number of carbonyl (C=O) groups excluding carboxylic acids is 1. The molecular formula is C13H23NO3. The average molecular weight is 241 g/mol. The molecule has 98 valence electrons. The highest BCUT2D eigenvalue weighted by atomic mass is 16.5. The summed E-state index contributed by atoms with van der Waals surface area (Å²) in [5.41, 5.74) is 0. The molecule has 2 aliphatic rings. The van der Waals surface area contributed by atoms with Crippen LogP contribution in [0.5, 0.6) is 0 Å². The smallest absolute Gasteiger partial charge is 0.323 e. The highest BCUT2D eigenvalue weighted by Crippen LogP contribution is 2.28. The Morgan fingerprint density at radius 3 is 2.88 bits per heavy atom. The molecule has 17 heavy (non-hydrogen) atoms. The average Bonchev–Trinajstić information content (AvgIpc) is 3.15. The van der Waals surface area contributed by atoms with Crippen molar-refractivity contribution in [1.29, 1.82) is 0 Å². The Bertz CT molecular complexity index is 247. The lowest BCUT2D eigenvalue weighted by atomic mass is 9.93. The molecule has 0 amide bonds. The molecule has 1 N–H and O–H groups in total. The Labute approximate surface area is 103 Å². The first kappa shape index (κ1) is 12.8. The Balaban J connectivity index is 1.86. The van der Waals surface area contributed by atoms with E-state index in [1.54, 1.807) is 0 Å². The maximum Gasteiger partial charge on any atom is 0.323 e. The van der Waals surface area contributed by atoms with E-state index < -0.39 is 0 Å². The van der Waals surface area contributed by atoms with Crippen LogP contribution < -0.4 is 5.32 Å². The SMILES string of the molecule is CCOC(=O)C(NCC1CC1)C1CCCOC1. The Morgan fingerprint density at radius 1 is 1.47 bits per heavy atom. The van der Waals surface area contributed by atoms with Gasteiger partial charge in [-0.1, -0.05) is 0 Å². The van der Waals surface area contributed by atoms with Crippen LogP contribution in [0.3, 0.4) is 0 Å². The molecule has 1 aliphatic carbocycles. The van der Waals surface area contributed by atoms with Gasteiger partial charge in [-0.2, -0.15) is 0 Å². The molecule has 1 saturated heterocycles. The minimum absolute atomic E-state index is 0.108. The lowest BCUT2D eigenvalue weighted by molar-refractivity contribution is -0.148. The summed E-state index contributed by atoms with van der Waals surface area (Å²) in [5, 5.41) is 3.38. The fourth-order valence-electron chi connectivity index (χ4n) is 2.32. The van der Waals surface area contributed by atoms with Crippen molar-refractivity contribution in [2.45, 2.75) is 38.6 Å². The maximum absolute atomic E-state index is 11.9. The molecule has 2 fully saturated rings. The van der Waals surface area contributed by atoms with Crippen molar-refractivity contribution in [2.24, 2.45) is 11.8 Å². The summed E-state index contributed by atoms with van der Waals surface area (Å²) in [5.74, 6) is 0.946. The van der Waals surface area contributed by atoms with Crippen LogP contribution in [0.4, 0.5) is 0 Å². The van der Waals surface area contributed by atoms with Gasteiger partial charge >= 0.3 is 5.97 Å². The van der Waals surface area contributed by atoms with Crippen LogP contribution >= 0.6 is 0 Å². The lowest BCUT2D eigenvalue weighted by Gasteiger charge is -2.29. The van der Waals surface area contributed by atoms with Gasteiger partial charge in [0.25, 0.3) is 0 Å². The zero-order valence-electron chi connectivity index (χ0n) is 10.6. The monoisotopic (exact) mass is 241 g/mol. The second kappa shape index (κ2) is 6.36. The highest BCUT2D eigenvalue weighted by molar-refractivity contribution is 5.76. The number of hydrogen-bond acceptors (Lipinski definition) is 4. The van der Waals surface area contributed by atoms with Crippen molar-refractivity contribution in [3.63, 3.8) is 0 Å². The number of ether oxygens (including phenoxy) is 2. The summed E-state index contributed by atoms with van der Waals surface area (Å²) in [6.45, 7) is 4.76. The second-order valence-corrected chi connectivity index (χ2v) is 5.06. The van der Waals surface area contributed by atoms with E-state index in [-0.39, 0.29) is 17.9 Å². The molecule has 2 atom stereocenters. The molecule has 0 bridgehead atoms. The van der Waals surface area contributed by atoms with Crippen molar-refractivity contribution in [3.05, 3.63) is 0 Å². The molecule has 2 unspecified atom stereocenters. The maximum atomic E-state index is 11.9. The third-order valence-corrected chi connectivity index (χ3v) is 3.53. The summed E-state index contributed by atoms with van der Waals surface area (Å²) in [4.78, 5) is 11.9. The van der Waals surface area contributed by atoms with Crippen LogP contribution in [0.2, 0.25) is 0 Å². The van der Waals surface area contributed by atoms with Crippen LogP contribution in [0.1, 0.15) is 32.6 Å². The summed E-state index contributed by atoms with van der Waals surface area (Å²) >= 11 is 0. The summed E-state index contributed by atoms with van der Waals surface area (Å²) < 4.78 is 10.6. The standard InChI is InChI=1S/C13H23NO3/c1-2-17-13(15)12(14-8-10-5-6-10)11-4-3-7-16-9-11/h10-12,14H,2-9H2,1H3. The lowest BCUT2D eigenvalue weighted by Crippen LogP contribution is -2.47. The fraction of sp³-hybridized carbons (Fsp3) is 0.923. The number of esters is 1. The molecule has 0 aromatic rings. The molecule has 0 aromatic carbocycles. The third kappa shape index (κ3) is 3.96. The summed E-state index contributed by atoms with van der Waals surface area (Å²) in [7, 11) is 0. The van der Waals surface area contributed by atoms with Crippen molar-refractivity contribution in [1.82, 2.24) is 5.32 Å². The first-order valence-corrected chi connectivity index (χ1v) is 6.79. The zero-order chi connectivity index (χ0) is 12.1. The Hall–Kier alpha value is -0.610. The van der Waals surface area contributed by atoms with E-state index in [0.29, 0.717) is 13.2 Å². The molecular weight excluding hydrogens is 218 g/mol. The number of hydrogen-bond donors (Lipinski definition) is 1. The molecule has 0 radical (unpaired) electrons. The van der Waals surface area contributed by atoms with Crippen LogP contribution in [-0.4, -0.2) is 38.4 Å². The number of rotatable bonds is 6. The molecule has 0 spiro atoms. The predicted octanol–water partition coefficient (Wildman–Crippen LogP) is 1.34. The van der Waals surface area contributed by atoms with E-state index >= 15 is 0 Å². The quantitative estimate of drug-likeness (QED) is 0.713. The molecule has 1 aliphatic heterocycles. The minimum atomic E-state index is -0.171. The number of carbonyl (C=O) groups is 1.